The van der Waals surface area contributed by atoms with Gasteiger partial charge in [-0.3, -0.25) is 9.59 Å². The lowest BCUT2D eigenvalue weighted by atomic mass is 9.50. The second kappa shape index (κ2) is 7.28. The SMILES string of the molecule is CCC12CC(C)(C1)/C(=N/O)C(=O)c1cc3sc4cc5c(cc4c3cc12)C(C)(C)CC(C)(C)/C(=N/O)C5=O. The zero-order valence-electron chi connectivity index (χ0n) is 22.2. The number of hydrogen-bond donors (Lipinski definition) is 2. The Morgan fingerprint density at radius 1 is 0.757 bits per heavy atom. The zero-order chi connectivity index (χ0) is 26.7. The van der Waals surface area contributed by atoms with E-state index >= 15 is 0 Å². The van der Waals surface area contributed by atoms with E-state index in [2.05, 4.69) is 43.2 Å². The Bertz CT molecular complexity index is 1620. The van der Waals surface area contributed by atoms with Gasteiger partial charge in [0, 0.05) is 42.1 Å². The summed E-state index contributed by atoms with van der Waals surface area (Å²) in [5.41, 5.74) is 2.24. The molecule has 2 bridgehead atoms. The largest absolute Gasteiger partial charge is 0.411 e. The fraction of sp³-hybridized carbons (Fsp3) is 0.467. The Morgan fingerprint density at radius 3 is 1.81 bits per heavy atom. The van der Waals surface area contributed by atoms with Gasteiger partial charge in [-0.2, -0.15) is 0 Å². The fourth-order valence-electron chi connectivity index (χ4n) is 7.95. The maximum Gasteiger partial charge on any atom is 0.211 e. The van der Waals surface area contributed by atoms with E-state index in [1.807, 2.05) is 32.9 Å². The molecule has 1 heterocycles. The first-order valence-corrected chi connectivity index (χ1v) is 13.7. The summed E-state index contributed by atoms with van der Waals surface area (Å²) in [5, 5.41) is 28.6. The first-order valence-electron chi connectivity index (χ1n) is 12.9. The van der Waals surface area contributed by atoms with Crippen LogP contribution in [0.2, 0.25) is 0 Å². The van der Waals surface area contributed by atoms with Gasteiger partial charge >= 0.3 is 0 Å². The maximum atomic E-state index is 13.6. The smallest absolute Gasteiger partial charge is 0.211 e. The lowest BCUT2D eigenvalue weighted by molar-refractivity contribution is 0.0916. The normalized spacial score (nSPS) is 30.2. The van der Waals surface area contributed by atoms with E-state index < -0.39 is 10.8 Å². The molecule has 7 rings (SSSR count). The molecule has 6 nitrogen and oxygen atoms in total. The Morgan fingerprint density at radius 2 is 1.27 bits per heavy atom. The third-order valence-corrected chi connectivity index (χ3v) is 10.5. The van der Waals surface area contributed by atoms with E-state index in [0.717, 1.165) is 50.6 Å². The van der Waals surface area contributed by atoms with Crippen molar-refractivity contribution < 1.29 is 20.0 Å². The van der Waals surface area contributed by atoms with Crippen molar-refractivity contribution in [3.05, 3.63) is 46.5 Å². The van der Waals surface area contributed by atoms with Crippen LogP contribution in [-0.4, -0.2) is 33.4 Å². The Hall–Kier alpha value is -3.06. The number of Topliss-reactive ketones (excluding diaryl/α,β-unsaturated/α-hetero) is 2. The van der Waals surface area contributed by atoms with E-state index in [1.54, 1.807) is 11.3 Å². The molecule has 0 aliphatic heterocycles. The molecule has 1 aromatic heterocycles. The second-order valence-electron chi connectivity index (χ2n) is 12.9. The van der Waals surface area contributed by atoms with Gasteiger partial charge in [0.2, 0.25) is 11.6 Å². The molecule has 4 aliphatic carbocycles. The molecule has 0 radical (unpaired) electrons. The van der Waals surface area contributed by atoms with Crippen LogP contribution in [0.3, 0.4) is 0 Å². The number of thiophene rings is 1. The first kappa shape index (κ1) is 24.3. The quantitative estimate of drug-likeness (QED) is 0.202. The van der Waals surface area contributed by atoms with Crippen LogP contribution < -0.4 is 0 Å². The molecular weight excluding hydrogens is 484 g/mol. The van der Waals surface area contributed by atoms with Gasteiger partial charge < -0.3 is 10.4 Å². The van der Waals surface area contributed by atoms with Crippen LogP contribution >= 0.6 is 11.3 Å². The number of ketones is 2. The van der Waals surface area contributed by atoms with Crippen molar-refractivity contribution in [2.75, 3.05) is 0 Å². The van der Waals surface area contributed by atoms with Crippen molar-refractivity contribution in [2.24, 2.45) is 21.1 Å². The summed E-state index contributed by atoms with van der Waals surface area (Å²) in [4.78, 5) is 27.1. The summed E-state index contributed by atoms with van der Waals surface area (Å²) in [7, 11) is 0. The van der Waals surface area contributed by atoms with Crippen molar-refractivity contribution in [2.45, 2.75) is 78.1 Å². The van der Waals surface area contributed by atoms with Gasteiger partial charge in [-0.05, 0) is 71.9 Å². The molecular formula is C30H32N2O4S. The molecule has 0 amide bonds. The van der Waals surface area contributed by atoms with Gasteiger partial charge in [-0.25, -0.2) is 0 Å². The van der Waals surface area contributed by atoms with E-state index in [-0.39, 0.29) is 33.8 Å². The number of carbonyl (C=O) groups is 2. The molecule has 7 heteroatoms. The number of rotatable bonds is 1. The molecule has 3 aromatic rings. The minimum atomic E-state index is -0.572. The van der Waals surface area contributed by atoms with E-state index in [4.69, 9.17) is 0 Å². The number of oxime groups is 2. The lowest BCUT2D eigenvalue weighted by Gasteiger charge is -2.53. The molecule has 0 saturated heterocycles. The van der Waals surface area contributed by atoms with Gasteiger partial charge in [0.1, 0.15) is 11.4 Å². The second-order valence-corrected chi connectivity index (χ2v) is 14.0. The Kier molecular flexibility index (Phi) is 4.78. The molecule has 4 aliphatic rings. The van der Waals surface area contributed by atoms with Crippen LogP contribution in [-0.2, 0) is 10.8 Å². The van der Waals surface area contributed by atoms with Gasteiger partial charge in [0.25, 0.3) is 0 Å². The van der Waals surface area contributed by atoms with Gasteiger partial charge in [0.15, 0.2) is 0 Å². The van der Waals surface area contributed by atoms with Gasteiger partial charge in [-0.1, -0.05) is 51.9 Å². The van der Waals surface area contributed by atoms with Crippen molar-refractivity contribution in [1.82, 2.24) is 0 Å². The van der Waals surface area contributed by atoms with Crippen molar-refractivity contribution >= 4 is 54.5 Å². The molecule has 2 N–H and O–H groups in total. The highest BCUT2D eigenvalue weighted by Gasteiger charge is 2.59. The fourth-order valence-corrected chi connectivity index (χ4v) is 9.10. The number of nitrogens with zero attached hydrogens (tertiary/aromatic N) is 2. The average Bonchev–Trinajstić information content (AvgIpc) is 3.07. The van der Waals surface area contributed by atoms with Crippen LogP contribution in [0.5, 0.6) is 0 Å². The van der Waals surface area contributed by atoms with Crippen LogP contribution in [0.1, 0.15) is 99.1 Å². The molecule has 0 unspecified atom stereocenters. The summed E-state index contributed by atoms with van der Waals surface area (Å²) in [6.45, 7) is 12.4. The van der Waals surface area contributed by atoms with Crippen LogP contribution in [0.4, 0.5) is 0 Å². The minimum absolute atomic E-state index is 0.119. The molecule has 0 atom stereocenters. The summed E-state index contributed by atoms with van der Waals surface area (Å²) >= 11 is 1.55. The molecule has 37 heavy (non-hydrogen) atoms. The summed E-state index contributed by atoms with van der Waals surface area (Å²) in [5.74, 6) is -0.425. The Labute approximate surface area is 220 Å². The average molecular weight is 517 g/mol. The standard InChI is InChI=1S/C30H32N2O4S/c1-7-30-13-29(6,14-30)26(32-36)24(34)18-11-22-16(9-20(18)30)15-8-19-17(10-21(15)37-22)23(33)25(31-35)28(4,5)12-27(19,2)3/h8-11,35-36H,7,12-14H2,1-6H3/b31-25+,32-26+. The summed E-state index contributed by atoms with van der Waals surface area (Å²) < 4.78 is 1.93. The first-order chi connectivity index (χ1) is 17.3. The monoisotopic (exact) mass is 516 g/mol. The molecule has 1 fully saturated rings. The van der Waals surface area contributed by atoms with Crippen molar-refractivity contribution in [1.29, 1.82) is 0 Å². The highest BCUT2D eigenvalue weighted by molar-refractivity contribution is 7.25. The van der Waals surface area contributed by atoms with Gasteiger partial charge in [-0.15, -0.1) is 11.3 Å². The van der Waals surface area contributed by atoms with E-state index in [9.17, 15) is 20.0 Å². The van der Waals surface area contributed by atoms with Crippen molar-refractivity contribution in [3.63, 3.8) is 0 Å². The number of benzene rings is 2. The van der Waals surface area contributed by atoms with Crippen LogP contribution in [0.15, 0.2) is 34.6 Å². The predicted octanol–water partition coefficient (Wildman–Crippen LogP) is 7.25. The number of fused-ring (bicyclic) bond motifs is 5. The number of hydrogen-bond acceptors (Lipinski definition) is 7. The topological polar surface area (TPSA) is 99.3 Å². The number of carbonyl (C=O) groups excluding carboxylic acids is 2. The highest BCUT2D eigenvalue weighted by atomic mass is 32.1. The third-order valence-electron chi connectivity index (χ3n) is 9.40. The molecule has 1 saturated carbocycles. The van der Waals surface area contributed by atoms with Crippen LogP contribution in [0.25, 0.3) is 20.2 Å². The molecule has 2 aromatic carbocycles. The third kappa shape index (κ3) is 3.03. The summed E-state index contributed by atoms with van der Waals surface area (Å²) in [6, 6.07) is 8.24. The highest BCUT2D eigenvalue weighted by Crippen LogP contribution is 2.62. The van der Waals surface area contributed by atoms with E-state index in [1.165, 1.54) is 0 Å². The maximum absolute atomic E-state index is 13.6. The zero-order valence-corrected chi connectivity index (χ0v) is 23.0. The Balaban J connectivity index is 1.65. The van der Waals surface area contributed by atoms with E-state index in [0.29, 0.717) is 17.5 Å². The molecule has 0 spiro atoms. The van der Waals surface area contributed by atoms with Crippen molar-refractivity contribution in [3.8, 4) is 0 Å². The van der Waals surface area contributed by atoms with Crippen LogP contribution in [0, 0.1) is 10.8 Å². The summed E-state index contributed by atoms with van der Waals surface area (Å²) in [6.07, 6.45) is 3.15. The molecule has 192 valence electrons. The predicted molar refractivity (Wildman–Crippen MR) is 147 cm³/mol. The lowest BCUT2D eigenvalue weighted by Crippen LogP contribution is -2.51. The minimum Gasteiger partial charge on any atom is -0.411 e. The van der Waals surface area contributed by atoms with Gasteiger partial charge in [0.05, 0.1) is 0 Å².